The van der Waals surface area contributed by atoms with Crippen molar-refractivity contribution >= 4 is 56.0 Å². The third-order valence-electron chi connectivity index (χ3n) is 16.7. The van der Waals surface area contributed by atoms with Crippen LogP contribution in [0.5, 0.6) is 17.2 Å². The Morgan fingerprint density at radius 1 is 0.533 bits per heavy atom. The van der Waals surface area contributed by atoms with Gasteiger partial charge in [-0.15, -0.1) is 0 Å². The first-order valence-electron chi connectivity index (χ1n) is 29.3. The molecule has 0 aliphatic carbocycles. The van der Waals surface area contributed by atoms with E-state index in [2.05, 4.69) is 73.3 Å². The van der Waals surface area contributed by atoms with Crippen LogP contribution in [0.15, 0.2) is 175 Å². The van der Waals surface area contributed by atoms with E-state index in [1.165, 1.54) is 16.8 Å². The highest BCUT2D eigenvalue weighted by atomic mass is 32.2. The van der Waals surface area contributed by atoms with Crippen LogP contribution < -0.4 is 29.5 Å². The number of methoxy groups -OCH3 is 3. The van der Waals surface area contributed by atoms with Crippen molar-refractivity contribution in [2.24, 2.45) is 0 Å². The minimum absolute atomic E-state index is 0.169. The van der Waals surface area contributed by atoms with E-state index in [4.69, 9.17) is 38.3 Å². The van der Waals surface area contributed by atoms with Crippen molar-refractivity contribution < 1.29 is 41.4 Å². The number of H-pyrrole nitrogens is 1. The molecule has 7 heterocycles. The number of fused-ring (bicyclic) bond motifs is 2. The van der Waals surface area contributed by atoms with E-state index in [0.717, 1.165) is 101 Å². The Morgan fingerprint density at radius 3 is 1.51 bits per heavy atom. The molecule has 4 aromatic heterocycles. The van der Waals surface area contributed by atoms with Crippen LogP contribution in [-0.4, -0.2) is 120 Å². The fourth-order valence-corrected chi connectivity index (χ4v) is 12.6. The third-order valence-corrected chi connectivity index (χ3v) is 18.4. The molecule has 0 amide bonds. The number of hydrogen-bond donors (Lipinski definition) is 1. The summed E-state index contributed by atoms with van der Waals surface area (Å²) in [6.45, 7) is 14.4. The van der Waals surface area contributed by atoms with Crippen molar-refractivity contribution in [3.8, 4) is 80.2 Å². The maximum absolute atomic E-state index is 14.1. The lowest BCUT2D eigenvalue weighted by Crippen LogP contribution is -2.41. The highest BCUT2D eigenvalue weighted by molar-refractivity contribution is 7.90. The highest BCUT2D eigenvalue weighted by Crippen LogP contribution is 2.40. The van der Waals surface area contributed by atoms with Crippen LogP contribution in [-0.2, 0) is 28.8 Å². The number of benzene rings is 6. The van der Waals surface area contributed by atoms with Crippen LogP contribution >= 0.6 is 0 Å². The fourth-order valence-electron chi connectivity index (χ4n) is 11.1. The Morgan fingerprint density at radius 2 is 1.00 bits per heavy atom. The molecule has 13 rings (SSSR count). The van der Waals surface area contributed by atoms with E-state index in [1.807, 2.05) is 100 Å². The average Bonchev–Trinajstić information content (AvgIpc) is 1.61. The lowest BCUT2D eigenvalue weighted by molar-refractivity contribution is 0.00578. The number of hydrogen-bond acceptors (Lipinski definition) is 16. The third kappa shape index (κ3) is 12.6. The first-order chi connectivity index (χ1) is 43.6. The molecule has 18 nitrogen and oxygen atoms in total. The molecule has 0 atom stereocenters. The topological polar surface area (TPSA) is 223 Å². The molecule has 0 bridgehead atoms. The number of nitrogens with one attached hydrogen (secondary N) is 1. The lowest BCUT2D eigenvalue weighted by Gasteiger charge is -2.32. The molecule has 3 fully saturated rings. The quantitative estimate of drug-likeness (QED) is 0.112. The number of pyridine rings is 2. The summed E-state index contributed by atoms with van der Waals surface area (Å²) in [5.74, 6) is 1.61. The second-order valence-electron chi connectivity index (χ2n) is 22.5. The van der Waals surface area contributed by atoms with E-state index in [-0.39, 0.29) is 16.1 Å². The Labute approximate surface area is 524 Å². The van der Waals surface area contributed by atoms with Gasteiger partial charge in [-0.1, -0.05) is 60.7 Å². The Bertz CT molecular complexity index is 4470. The molecule has 0 unspecified atom stereocenters. The normalized spacial score (nSPS) is 15.1. The Kier molecular flexibility index (Phi) is 18.1. The van der Waals surface area contributed by atoms with Crippen molar-refractivity contribution in [2.75, 3.05) is 83.7 Å². The predicted octanol–water partition coefficient (Wildman–Crippen LogP) is 11.8. The molecule has 454 valence electrons. The number of nitrogens with zero attached hydrogens (tertiary/aromatic N) is 8. The van der Waals surface area contributed by atoms with Crippen LogP contribution in [0.4, 0.5) is 11.4 Å². The monoisotopic (exact) mass is 1220 g/mol. The van der Waals surface area contributed by atoms with Crippen molar-refractivity contribution in [3.05, 3.63) is 187 Å². The molecule has 3 saturated heterocycles. The number of ether oxygens (including phenoxy) is 5. The van der Waals surface area contributed by atoms with Crippen molar-refractivity contribution in [1.29, 1.82) is 15.8 Å². The Balaban J connectivity index is 0.000000148. The molecule has 0 saturated carbocycles. The van der Waals surface area contributed by atoms with Gasteiger partial charge in [-0.25, -0.2) is 22.4 Å². The Hall–Kier alpha value is -9.98. The first kappa shape index (κ1) is 61.7. The number of aromatic nitrogens is 4. The van der Waals surface area contributed by atoms with E-state index >= 15 is 0 Å². The van der Waals surface area contributed by atoms with Gasteiger partial charge in [0.2, 0.25) is 0 Å². The van der Waals surface area contributed by atoms with Gasteiger partial charge >= 0.3 is 7.12 Å². The minimum atomic E-state index is -4.00. The average molecular weight is 1220 g/mol. The number of morpholine rings is 2. The van der Waals surface area contributed by atoms with Crippen LogP contribution in [0.2, 0.25) is 0 Å². The molecule has 10 aromatic rings. The molecule has 3 aliphatic heterocycles. The minimum Gasteiger partial charge on any atom is -0.495 e. The second-order valence-corrected chi connectivity index (χ2v) is 24.3. The number of aromatic amines is 1. The molecule has 0 radical (unpaired) electrons. The van der Waals surface area contributed by atoms with Gasteiger partial charge in [0.15, 0.2) is 5.65 Å². The predicted molar refractivity (Wildman–Crippen MR) is 349 cm³/mol. The van der Waals surface area contributed by atoms with Gasteiger partial charge in [0, 0.05) is 66.4 Å². The molecule has 90 heavy (non-hydrogen) atoms. The van der Waals surface area contributed by atoms with Gasteiger partial charge in [0.1, 0.15) is 41.1 Å². The van der Waals surface area contributed by atoms with E-state index in [9.17, 15) is 18.9 Å². The van der Waals surface area contributed by atoms with E-state index < -0.39 is 17.1 Å². The zero-order valence-corrected chi connectivity index (χ0v) is 51.9. The molecular weight excluding hydrogens is 1150 g/mol. The van der Waals surface area contributed by atoms with Gasteiger partial charge in [-0.2, -0.15) is 15.8 Å². The zero-order chi connectivity index (χ0) is 63.2. The summed E-state index contributed by atoms with van der Waals surface area (Å²) >= 11 is 0. The lowest BCUT2D eigenvalue weighted by atomic mass is 9.78. The second kappa shape index (κ2) is 26.4. The van der Waals surface area contributed by atoms with E-state index in [1.54, 1.807) is 81.2 Å². The van der Waals surface area contributed by atoms with Crippen molar-refractivity contribution in [2.45, 2.75) is 43.8 Å². The van der Waals surface area contributed by atoms with Crippen molar-refractivity contribution in [3.63, 3.8) is 0 Å². The summed E-state index contributed by atoms with van der Waals surface area (Å²) in [6.07, 6.45) is 3.38. The summed E-state index contributed by atoms with van der Waals surface area (Å²) in [6, 6.07) is 55.5. The van der Waals surface area contributed by atoms with Gasteiger partial charge in [0.25, 0.3) is 10.0 Å². The number of nitriles is 3. The standard InChI is InChI=1S/C31H26N4O4S.C25H22N4O2.C14H18BNO3/c1-38-30-12-9-23(19-24(30)21-32)27-13-14-33-31-28(27)20-29(35(31)40(36,37)26-5-3-2-4-6-26)22-7-10-25(11-8-22)34-15-17-39-18-16-34;1-30-24-7-4-18(14-19(24)16-26)21-8-9-27-25-22(21)15-23(28-25)17-2-5-20(6-3-17)29-10-12-31-13-11-29;1-13(2)14(3,4)19-15(18-13)11-6-7-12(17-5)10(8-11)9-16/h2-14,19-20H,15-18H2,1H3;2-9,14-15H,10-13H2,1H3,(H,27,28);6-8H,1-5H3. The highest BCUT2D eigenvalue weighted by Gasteiger charge is 2.51. The van der Waals surface area contributed by atoms with Gasteiger partial charge < -0.3 is 47.8 Å². The molecule has 6 aromatic carbocycles. The van der Waals surface area contributed by atoms with Crippen LogP contribution in [0.25, 0.3) is 66.8 Å². The maximum atomic E-state index is 14.1. The van der Waals surface area contributed by atoms with Crippen LogP contribution in [0.1, 0.15) is 44.4 Å². The molecule has 3 aliphatic rings. The van der Waals surface area contributed by atoms with Gasteiger partial charge in [-0.3, -0.25) is 0 Å². The van der Waals surface area contributed by atoms with E-state index in [0.29, 0.717) is 63.9 Å². The fraction of sp³-hybridized carbons (Fsp3) is 0.243. The van der Waals surface area contributed by atoms with Crippen LogP contribution in [0.3, 0.4) is 0 Å². The van der Waals surface area contributed by atoms with Gasteiger partial charge in [-0.05, 0) is 164 Å². The summed E-state index contributed by atoms with van der Waals surface area (Å²) in [5, 5.41) is 29.9. The number of anilines is 2. The maximum Gasteiger partial charge on any atom is 0.494 e. The summed E-state index contributed by atoms with van der Waals surface area (Å²) in [7, 11) is 0.184. The molecule has 20 heteroatoms. The largest absolute Gasteiger partial charge is 0.495 e. The summed E-state index contributed by atoms with van der Waals surface area (Å²) < 4.78 is 68.0. The summed E-state index contributed by atoms with van der Waals surface area (Å²) in [5.41, 5.74) is 11.7. The zero-order valence-electron chi connectivity index (χ0n) is 51.1. The smallest absolute Gasteiger partial charge is 0.494 e. The van der Waals surface area contributed by atoms with Gasteiger partial charge in [0.05, 0.1) is 86.2 Å². The SMILES string of the molecule is COc1ccc(-c2ccnc3[nH]c(-c4ccc(N5CCOCC5)cc4)cc23)cc1C#N.COc1ccc(-c2ccnc3c2cc(-c2ccc(N4CCOCC4)cc2)n3S(=O)(=O)c2ccccc2)cc1C#N.COc1ccc(B2OC(C)(C)C(C)(C)O2)cc1C#N. The summed E-state index contributed by atoms with van der Waals surface area (Å²) in [4.78, 5) is 17.3. The first-order valence-corrected chi connectivity index (χ1v) is 30.8. The molecular formula is C70H66BN9O9S. The number of rotatable bonds is 12. The molecule has 1 N–H and O–H groups in total. The molecule has 0 spiro atoms. The van der Waals surface area contributed by atoms with Crippen LogP contribution in [0, 0.1) is 34.0 Å². The van der Waals surface area contributed by atoms with Crippen molar-refractivity contribution in [1.82, 2.24) is 18.9 Å².